The third-order valence-corrected chi connectivity index (χ3v) is 3.21. The van der Waals surface area contributed by atoms with E-state index in [4.69, 9.17) is 38.5 Å². The summed E-state index contributed by atoms with van der Waals surface area (Å²) in [6.07, 6.45) is 18.9. The molecule has 2 N–H and O–H groups in total. The maximum atomic E-state index is 8.55. The van der Waals surface area contributed by atoms with Crippen LogP contribution in [0.1, 0.15) is 105 Å². The maximum Gasteiger partial charge on any atom is -0.0533 e. The summed E-state index contributed by atoms with van der Waals surface area (Å²) < 4.78 is 17.1. The molecule has 0 aromatic rings. The Labute approximate surface area is 165 Å². The van der Waals surface area contributed by atoms with Crippen molar-refractivity contribution in [1.29, 1.82) is 0 Å². The first-order valence-electron chi connectivity index (χ1n) is 8.87. The smallest absolute Gasteiger partial charge is 0.0533 e. The Hall–Kier alpha value is 0.180. The normalized spacial score (nSPS) is 10.4. The van der Waals surface area contributed by atoms with Crippen LogP contribution in [-0.4, -0.2) is 5.48 Å². The second-order valence-corrected chi connectivity index (χ2v) is 7.57. The summed E-state index contributed by atoms with van der Waals surface area (Å²) >= 11 is 0. The molecule has 0 bridgehead atoms. The number of phosphoric acid groups is 2. The van der Waals surface area contributed by atoms with Crippen molar-refractivity contribution in [3.63, 3.8) is 0 Å². The predicted molar refractivity (Wildman–Crippen MR) is 96.9 cm³/mol. The Morgan fingerprint density at radius 2 is 0.593 bits per heavy atom. The molecule has 0 unspecified atom stereocenters. The summed E-state index contributed by atoms with van der Waals surface area (Å²) in [6.45, 7) is 4.58. The van der Waals surface area contributed by atoms with E-state index in [-0.39, 0.29) is 12.9 Å². The molecule has 0 aliphatic heterocycles. The lowest BCUT2D eigenvalue weighted by atomic mass is 10.1. The van der Waals surface area contributed by atoms with Crippen LogP contribution in [0.25, 0.3) is 0 Å². The lowest BCUT2D eigenvalue weighted by molar-refractivity contribution is -0.434. The molecular formula is C16H38O9P2-6. The lowest BCUT2D eigenvalue weighted by Gasteiger charge is -2.36. The monoisotopic (exact) mass is 436 g/mol. The lowest BCUT2D eigenvalue weighted by Crippen LogP contribution is -2.24. The van der Waals surface area contributed by atoms with Crippen molar-refractivity contribution in [1.82, 2.24) is 0 Å². The van der Waals surface area contributed by atoms with E-state index in [1.165, 1.54) is 83.5 Å². The van der Waals surface area contributed by atoms with Gasteiger partial charge in [0, 0.05) is 0 Å². The molecule has 0 amide bonds. The first kappa shape index (κ1) is 37.9. The van der Waals surface area contributed by atoms with Gasteiger partial charge in [0.05, 0.1) is 0 Å². The molecule has 0 saturated carbocycles. The molecule has 0 heterocycles. The molecule has 0 aromatic heterocycles. The van der Waals surface area contributed by atoms with Gasteiger partial charge in [0.15, 0.2) is 0 Å². The molecule has 27 heavy (non-hydrogen) atoms. The van der Waals surface area contributed by atoms with Crippen LogP contribution >= 0.6 is 15.6 Å². The Kier molecular flexibility index (Phi) is 36.7. The molecule has 0 aliphatic rings. The van der Waals surface area contributed by atoms with Crippen LogP contribution in [0.2, 0.25) is 0 Å². The van der Waals surface area contributed by atoms with Gasteiger partial charge in [-0.05, 0) is 0 Å². The van der Waals surface area contributed by atoms with Crippen molar-refractivity contribution in [2.75, 3.05) is 0 Å². The number of unbranched alkanes of at least 4 members (excludes halogenated alkanes) is 12. The maximum absolute atomic E-state index is 8.55. The minimum atomic E-state index is -5.39. The first-order chi connectivity index (χ1) is 11.4. The molecule has 0 aliphatic carbocycles. The van der Waals surface area contributed by atoms with Crippen molar-refractivity contribution in [3.05, 3.63) is 0 Å². The Morgan fingerprint density at radius 1 is 0.481 bits per heavy atom. The van der Waals surface area contributed by atoms with Crippen molar-refractivity contribution < 1.29 is 44.0 Å². The van der Waals surface area contributed by atoms with Gasteiger partial charge in [-0.2, -0.15) is 15.6 Å². The Morgan fingerprint density at radius 3 is 0.704 bits per heavy atom. The van der Waals surface area contributed by atoms with Crippen molar-refractivity contribution in [2.24, 2.45) is 0 Å². The quantitative estimate of drug-likeness (QED) is 0.305. The average molecular weight is 436 g/mol. The summed E-state index contributed by atoms with van der Waals surface area (Å²) in [5.74, 6) is 0. The van der Waals surface area contributed by atoms with E-state index >= 15 is 0 Å². The molecule has 0 spiro atoms. The van der Waals surface area contributed by atoms with Gasteiger partial charge < -0.3 is 44.0 Å². The van der Waals surface area contributed by atoms with Gasteiger partial charge >= 0.3 is 0 Å². The summed E-state index contributed by atoms with van der Waals surface area (Å²) in [7, 11) is -10.8. The highest BCUT2D eigenvalue weighted by molar-refractivity contribution is 7.40. The number of hydrogen-bond acceptors (Lipinski definition) is 8. The highest BCUT2D eigenvalue weighted by Gasteiger charge is 1.92. The van der Waals surface area contributed by atoms with E-state index in [0.29, 0.717) is 0 Å². The summed E-state index contributed by atoms with van der Waals surface area (Å²) in [5.41, 5.74) is 0. The van der Waals surface area contributed by atoms with Gasteiger partial charge in [0.1, 0.15) is 0 Å². The van der Waals surface area contributed by atoms with Crippen LogP contribution in [0.15, 0.2) is 0 Å². The molecule has 9 nitrogen and oxygen atoms in total. The van der Waals surface area contributed by atoms with Crippen molar-refractivity contribution in [2.45, 2.75) is 105 Å². The van der Waals surface area contributed by atoms with Crippen molar-refractivity contribution in [3.8, 4) is 0 Å². The third-order valence-electron chi connectivity index (χ3n) is 3.21. The minimum Gasteiger partial charge on any atom is -0.822 e. The fourth-order valence-electron chi connectivity index (χ4n) is 2.09. The van der Waals surface area contributed by atoms with E-state index in [2.05, 4.69) is 13.8 Å². The fourth-order valence-corrected chi connectivity index (χ4v) is 2.09. The number of hydrogen-bond donors (Lipinski definition) is 0. The van der Waals surface area contributed by atoms with E-state index in [0.717, 1.165) is 0 Å². The van der Waals surface area contributed by atoms with Gasteiger partial charge in [0.25, 0.3) is 0 Å². The molecule has 0 atom stereocenters. The molecule has 0 fully saturated rings. The SMILES string of the molecule is C.CCCCCCCCCCCCCCC.O.O=P([O-])([O-])[O-].O=P([O-])([O-])[O-]. The van der Waals surface area contributed by atoms with E-state index in [1.807, 2.05) is 0 Å². The minimum absolute atomic E-state index is 0. The predicted octanol–water partition coefficient (Wildman–Crippen LogP) is 0.260. The van der Waals surface area contributed by atoms with E-state index < -0.39 is 15.6 Å². The second-order valence-electron chi connectivity index (χ2n) is 5.78. The highest BCUT2D eigenvalue weighted by Crippen LogP contribution is 2.12. The van der Waals surface area contributed by atoms with Gasteiger partial charge in [-0.25, -0.2) is 0 Å². The van der Waals surface area contributed by atoms with Crippen molar-refractivity contribution >= 4 is 15.6 Å². The zero-order chi connectivity index (χ0) is 20.2. The standard InChI is InChI=1S/C15H32.CH4.2H3O4P.H2O/c1-3-5-7-9-11-13-15-14-12-10-8-6-4-2;;2*1-5(2,3)4;/h3-15H2,1-2H3;1H4;2*(H3,1,2,3,4);1H2/p-6. The molecule has 0 rings (SSSR count). The molecule has 0 radical (unpaired) electrons. The topological polar surface area (TPSA) is 204 Å². The van der Waals surface area contributed by atoms with Gasteiger partial charge in [0.2, 0.25) is 0 Å². The summed E-state index contributed by atoms with van der Waals surface area (Å²) in [6, 6.07) is 0. The van der Waals surface area contributed by atoms with Gasteiger partial charge in [-0.1, -0.05) is 105 Å². The highest BCUT2D eigenvalue weighted by atomic mass is 31.2. The van der Waals surface area contributed by atoms with Gasteiger partial charge in [-0.3, -0.25) is 0 Å². The Bertz CT molecular complexity index is 294. The van der Waals surface area contributed by atoms with Crippen LogP contribution in [-0.2, 0) is 9.13 Å². The molecule has 0 saturated heterocycles. The first-order valence-corrected chi connectivity index (χ1v) is 11.8. The summed E-state index contributed by atoms with van der Waals surface area (Å²) in [4.78, 5) is 51.3. The molecule has 0 aromatic carbocycles. The Balaban J connectivity index is -0.000000112. The average Bonchev–Trinajstić information content (AvgIpc) is 2.41. The van der Waals surface area contributed by atoms with E-state index in [9.17, 15) is 0 Å². The molecule has 172 valence electrons. The molecular weight excluding hydrogens is 398 g/mol. The van der Waals surface area contributed by atoms with Crippen LogP contribution < -0.4 is 29.4 Å². The zero-order valence-corrected chi connectivity index (χ0v) is 17.6. The molecule has 11 heteroatoms. The third kappa shape index (κ3) is 103. The van der Waals surface area contributed by atoms with Crippen LogP contribution in [0, 0.1) is 0 Å². The van der Waals surface area contributed by atoms with Crippen LogP contribution in [0.4, 0.5) is 0 Å². The van der Waals surface area contributed by atoms with Crippen LogP contribution in [0.5, 0.6) is 0 Å². The second kappa shape index (κ2) is 26.2. The largest absolute Gasteiger partial charge is 0.822 e. The fraction of sp³-hybridized carbons (Fsp3) is 1.00. The zero-order valence-electron chi connectivity index (χ0n) is 15.9. The number of rotatable bonds is 12. The van der Waals surface area contributed by atoms with Gasteiger partial charge in [-0.15, -0.1) is 0 Å². The van der Waals surface area contributed by atoms with E-state index in [1.54, 1.807) is 0 Å². The summed E-state index contributed by atoms with van der Waals surface area (Å²) in [5, 5.41) is 0. The van der Waals surface area contributed by atoms with Crippen LogP contribution in [0.3, 0.4) is 0 Å².